The third-order valence-corrected chi connectivity index (χ3v) is 6.21. The van der Waals surface area contributed by atoms with Gasteiger partial charge in [-0.1, -0.05) is 42.5 Å². The third kappa shape index (κ3) is 5.29. The third-order valence-electron chi connectivity index (χ3n) is 5.24. The summed E-state index contributed by atoms with van der Waals surface area (Å²) >= 11 is 1.19. The predicted molar refractivity (Wildman–Crippen MR) is 127 cm³/mol. The van der Waals surface area contributed by atoms with Gasteiger partial charge in [-0.25, -0.2) is 9.78 Å². The average molecular weight is 479 g/mol. The number of carbonyl (C=O) groups excluding carboxylic acids is 4. The molecule has 0 aliphatic carbocycles. The van der Waals surface area contributed by atoms with Crippen molar-refractivity contribution in [2.45, 2.75) is 25.3 Å². The predicted octanol–water partition coefficient (Wildman–Crippen LogP) is 2.99. The van der Waals surface area contributed by atoms with Crippen LogP contribution in [0.2, 0.25) is 0 Å². The number of fused-ring (bicyclic) bond motifs is 1. The molecule has 0 radical (unpaired) electrons. The van der Waals surface area contributed by atoms with Crippen molar-refractivity contribution in [2.75, 3.05) is 17.7 Å². The van der Waals surface area contributed by atoms with E-state index in [9.17, 15) is 19.2 Å². The Labute approximate surface area is 199 Å². The minimum Gasteiger partial charge on any atom is -0.464 e. The van der Waals surface area contributed by atoms with E-state index in [1.807, 2.05) is 30.3 Å². The summed E-state index contributed by atoms with van der Waals surface area (Å²) in [7, 11) is 1.27. The molecule has 2 aromatic carbocycles. The van der Waals surface area contributed by atoms with E-state index in [0.717, 1.165) is 5.56 Å². The lowest BCUT2D eigenvalue weighted by molar-refractivity contribution is -0.118. The Morgan fingerprint density at radius 2 is 1.82 bits per heavy atom. The Balaban J connectivity index is 1.40. The highest BCUT2D eigenvalue weighted by Crippen LogP contribution is 2.27. The minimum absolute atomic E-state index is 0.0319. The molecule has 1 aromatic heterocycles. The molecule has 0 bridgehead atoms. The Morgan fingerprint density at radius 3 is 2.59 bits per heavy atom. The maximum absolute atomic E-state index is 12.6. The van der Waals surface area contributed by atoms with Crippen molar-refractivity contribution in [1.82, 2.24) is 10.3 Å². The van der Waals surface area contributed by atoms with E-state index in [-0.39, 0.29) is 35.5 Å². The van der Waals surface area contributed by atoms with Crippen LogP contribution in [-0.4, -0.2) is 41.8 Å². The highest BCUT2D eigenvalue weighted by atomic mass is 32.1. The van der Waals surface area contributed by atoms with Crippen molar-refractivity contribution in [3.8, 4) is 0 Å². The molecule has 3 aromatic rings. The second kappa shape index (κ2) is 10.3. The van der Waals surface area contributed by atoms with Gasteiger partial charge in [0.05, 0.1) is 18.4 Å². The van der Waals surface area contributed by atoms with Crippen molar-refractivity contribution in [2.24, 2.45) is 0 Å². The fraction of sp³-hybridized carbons (Fsp3) is 0.208. The van der Waals surface area contributed by atoms with Gasteiger partial charge >= 0.3 is 5.97 Å². The number of amides is 3. The molecule has 1 unspecified atom stereocenters. The number of hydrogen-bond donors (Lipinski definition) is 3. The number of nitrogens with zero attached hydrogens (tertiary/aromatic N) is 1. The standard InChI is InChI=1S/C24H22N4O5S/c1-33-23(32)20-18(13-14-7-3-2-4-8-14)34-24(28-20)27-19(29)12-11-17-22(31)25-16-10-6-5-9-15(16)21(30)26-17/h2-10,17H,11-13H2,1H3,(H,25,31)(H,26,30)(H,27,28,29). The van der Waals surface area contributed by atoms with E-state index in [0.29, 0.717) is 22.5 Å². The molecule has 2 heterocycles. The van der Waals surface area contributed by atoms with Crippen LogP contribution in [0.3, 0.4) is 0 Å². The zero-order valence-electron chi connectivity index (χ0n) is 18.3. The minimum atomic E-state index is -0.860. The first-order valence-electron chi connectivity index (χ1n) is 10.6. The van der Waals surface area contributed by atoms with Crippen LogP contribution in [0.5, 0.6) is 0 Å². The van der Waals surface area contributed by atoms with Crippen LogP contribution >= 0.6 is 11.3 Å². The maximum atomic E-state index is 12.6. The Kier molecular flexibility index (Phi) is 6.98. The molecule has 1 atom stereocenters. The Hall–Kier alpha value is -4.05. The summed E-state index contributed by atoms with van der Waals surface area (Å²) in [5.74, 6) is -1.74. The topological polar surface area (TPSA) is 126 Å². The van der Waals surface area contributed by atoms with Gasteiger partial charge in [-0.2, -0.15) is 0 Å². The van der Waals surface area contributed by atoms with Crippen molar-refractivity contribution in [3.63, 3.8) is 0 Å². The van der Waals surface area contributed by atoms with Gasteiger partial charge in [0.15, 0.2) is 10.8 Å². The lowest BCUT2D eigenvalue weighted by Crippen LogP contribution is -2.41. The second-order valence-electron chi connectivity index (χ2n) is 7.59. The monoisotopic (exact) mass is 478 g/mol. The van der Waals surface area contributed by atoms with E-state index in [4.69, 9.17) is 4.74 Å². The molecular weight excluding hydrogens is 456 g/mol. The van der Waals surface area contributed by atoms with Crippen molar-refractivity contribution < 1.29 is 23.9 Å². The van der Waals surface area contributed by atoms with E-state index in [2.05, 4.69) is 20.9 Å². The highest BCUT2D eigenvalue weighted by molar-refractivity contribution is 7.16. The molecule has 0 saturated carbocycles. The summed E-state index contributed by atoms with van der Waals surface area (Å²) in [5, 5.41) is 8.32. The molecule has 1 aliphatic heterocycles. The molecule has 1 aliphatic rings. The first kappa shape index (κ1) is 23.1. The average Bonchev–Trinajstić information content (AvgIpc) is 3.18. The number of ether oxygens (including phenoxy) is 1. The number of para-hydroxylation sites is 1. The molecule has 34 heavy (non-hydrogen) atoms. The Morgan fingerprint density at radius 1 is 1.09 bits per heavy atom. The van der Waals surface area contributed by atoms with Gasteiger partial charge in [0.25, 0.3) is 5.91 Å². The second-order valence-corrected chi connectivity index (χ2v) is 8.68. The number of nitrogens with one attached hydrogen (secondary N) is 3. The van der Waals surface area contributed by atoms with Crippen molar-refractivity contribution >= 4 is 45.8 Å². The van der Waals surface area contributed by atoms with E-state index < -0.39 is 17.9 Å². The van der Waals surface area contributed by atoms with Gasteiger partial charge in [0.1, 0.15) is 6.04 Å². The quantitative estimate of drug-likeness (QED) is 0.448. The van der Waals surface area contributed by atoms with Crippen molar-refractivity contribution in [3.05, 3.63) is 76.3 Å². The summed E-state index contributed by atoms with van der Waals surface area (Å²) in [6.07, 6.45) is 0.535. The summed E-state index contributed by atoms with van der Waals surface area (Å²) in [4.78, 5) is 54.6. The molecule has 3 N–H and O–H groups in total. The van der Waals surface area contributed by atoms with Crippen LogP contribution in [0, 0.1) is 0 Å². The zero-order chi connectivity index (χ0) is 24.1. The van der Waals surface area contributed by atoms with E-state index in [1.165, 1.54) is 18.4 Å². The molecule has 0 fully saturated rings. The van der Waals surface area contributed by atoms with Crippen LogP contribution in [0.25, 0.3) is 0 Å². The van der Waals surface area contributed by atoms with Crippen LogP contribution < -0.4 is 16.0 Å². The van der Waals surface area contributed by atoms with Gasteiger partial charge in [0.2, 0.25) is 11.8 Å². The SMILES string of the molecule is COC(=O)c1nc(NC(=O)CCC2NC(=O)c3ccccc3NC2=O)sc1Cc1ccccc1. The lowest BCUT2D eigenvalue weighted by Gasteiger charge is -2.13. The molecule has 9 nitrogen and oxygen atoms in total. The molecule has 0 spiro atoms. The molecular formula is C24H22N4O5S. The fourth-order valence-corrected chi connectivity index (χ4v) is 4.53. The molecule has 3 amide bonds. The summed E-state index contributed by atoms with van der Waals surface area (Å²) in [5.41, 5.74) is 1.94. The Bertz CT molecular complexity index is 1240. The number of carbonyl (C=O) groups is 4. The summed E-state index contributed by atoms with van der Waals surface area (Å²) in [6.45, 7) is 0. The lowest BCUT2D eigenvalue weighted by atomic mass is 10.1. The summed E-state index contributed by atoms with van der Waals surface area (Å²) < 4.78 is 4.83. The van der Waals surface area contributed by atoms with E-state index in [1.54, 1.807) is 24.3 Å². The normalized spacial score (nSPS) is 14.9. The smallest absolute Gasteiger partial charge is 0.357 e. The number of benzene rings is 2. The zero-order valence-corrected chi connectivity index (χ0v) is 19.1. The maximum Gasteiger partial charge on any atom is 0.357 e. The highest BCUT2D eigenvalue weighted by Gasteiger charge is 2.28. The van der Waals surface area contributed by atoms with Gasteiger partial charge in [-0.15, -0.1) is 11.3 Å². The number of aromatic nitrogens is 1. The molecule has 10 heteroatoms. The van der Waals surface area contributed by atoms with Gasteiger partial charge < -0.3 is 20.7 Å². The number of thiazole rings is 1. The molecule has 174 valence electrons. The van der Waals surface area contributed by atoms with Crippen LogP contribution in [0.15, 0.2) is 54.6 Å². The largest absolute Gasteiger partial charge is 0.464 e. The van der Waals surface area contributed by atoms with Crippen LogP contribution in [0.4, 0.5) is 10.8 Å². The number of esters is 1. The number of rotatable bonds is 7. The number of methoxy groups -OCH3 is 1. The van der Waals surface area contributed by atoms with Crippen LogP contribution in [0.1, 0.15) is 44.1 Å². The fourth-order valence-electron chi connectivity index (χ4n) is 3.53. The summed E-state index contributed by atoms with van der Waals surface area (Å²) in [6, 6.07) is 15.4. The van der Waals surface area contributed by atoms with E-state index >= 15 is 0 Å². The molecule has 0 saturated heterocycles. The first-order chi connectivity index (χ1) is 16.4. The van der Waals surface area contributed by atoms with Gasteiger partial charge in [0, 0.05) is 17.7 Å². The number of anilines is 2. The van der Waals surface area contributed by atoms with Crippen molar-refractivity contribution in [1.29, 1.82) is 0 Å². The number of hydrogen-bond acceptors (Lipinski definition) is 7. The molecule has 4 rings (SSSR count). The van der Waals surface area contributed by atoms with Crippen LogP contribution in [-0.2, 0) is 20.7 Å². The van der Waals surface area contributed by atoms with Gasteiger partial charge in [-0.3, -0.25) is 14.4 Å². The van der Waals surface area contributed by atoms with Gasteiger partial charge in [-0.05, 0) is 24.1 Å². The first-order valence-corrected chi connectivity index (χ1v) is 11.4.